The summed E-state index contributed by atoms with van der Waals surface area (Å²) in [5.74, 6) is 0.768. The van der Waals surface area contributed by atoms with Crippen LogP contribution in [0.4, 0.5) is 0 Å². The van der Waals surface area contributed by atoms with Gasteiger partial charge in [0.05, 0.1) is 0 Å². The van der Waals surface area contributed by atoms with E-state index in [0.29, 0.717) is 0 Å². The molecule has 78 valence electrons. The van der Waals surface area contributed by atoms with Crippen molar-refractivity contribution in [3.8, 4) is 0 Å². The first kappa shape index (κ1) is 12.7. The number of rotatable bonds is 8. The van der Waals surface area contributed by atoms with E-state index in [1.807, 2.05) is 0 Å². The molecule has 0 saturated heterocycles. The molecule has 1 nitrogen and oxygen atoms in total. The second-order valence-corrected chi connectivity index (χ2v) is 4.00. The molecule has 0 aromatic rings. The monoisotopic (exact) mass is 183 g/mol. The maximum atomic E-state index is 3.42. The van der Waals surface area contributed by atoms with Gasteiger partial charge in [-0.15, -0.1) is 0 Å². The fourth-order valence-electron chi connectivity index (χ4n) is 1.13. The summed E-state index contributed by atoms with van der Waals surface area (Å²) in [6, 6.07) is 0. The van der Waals surface area contributed by atoms with Crippen molar-refractivity contribution in [3.63, 3.8) is 0 Å². The Kier molecular flexibility index (Phi) is 9.56. The Bertz CT molecular complexity index is 116. The summed E-state index contributed by atoms with van der Waals surface area (Å²) in [4.78, 5) is 0. The molecule has 0 spiro atoms. The van der Waals surface area contributed by atoms with E-state index in [0.717, 1.165) is 19.0 Å². The van der Waals surface area contributed by atoms with Crippen LogP contribution < -0.4 is 5.32 Å². The third-order valence-corrected chi connectivity index (χ3v) is 1.93. The van der Waals surface area contributed by atoms with E-state index in [9.17, 15) is 0 Å². The van der Waals surface area contributed by atoms with Crippen molar-refractivity contribution < 1.29 is 0 Å². The van der Waals surface area contributed by atoms with Crippen molar-refractivity contribution in [1.82, 2.24) is 5.32 Å². The Morgan fingerprint density at radius 2 is 1.85 bits per heavy atom. The van der Waals surface area contributed by atoms with E-state index in [1.54, 1.807) is 0 Å². The van der Waals surface area contributed by atoms with Crippen LogP contribution in [0.3, 0.4) is 0 Å². The lowest BCUT2D eigenvalue weighted by atomic mass is 10.2. The largest absolute Gasteiger partial charge is 0.316 e. The van der Waals surface area contributed by atoms with E-state index in [-0.39, 0.29) is 0 Å². The summed E-state index contributed by atoms with van der Waals surface area (Å²) >= 11 is 0. The zero-order chi connectivity index (χ0) is 9.94. The van der Waals surface area contributed by atoms with Gasteiger partial charge in [-0.3, -0.25) is 0 Å². The molecule has 0 bridgehead atoms. The second-order valence-electron chi connectivity index (χ2n) is 4.00. The van der Waals surface area contributed by atoms with Gasteiger partial charge in [-0.1, -0.05) is 45.8 Å². The number of nitrogens with one attached hydrogen (secondary N) is 1. The van der Waals surface area contributed by atoms with Crippen LogP contribution in [0.5, 0.6) is 0 Å². The van der Waals surface area contributed by atoms with Crippen LogP contribution in [0.2, 0.25) is 0 Å². The van der Waals surface area contributed by atoms with E-state index in [1.165, 1.54) is 25.7 Å². The highest BCUT2D eigenvalue weighted by atomic mass is 14.8. The quantitative estimate of drug-likeness (QED) is 0.449. The normalized spacial score (nSPS) is 11.7. The first-order valence-electron chi connectivity index (χ1n) is 5.63. The number of allylic oxidation sites excluding steroid dienone is 1. The van der Waals surface area contributed by atoms with Gasteiger partial charge >= 0.3 is 0 Å². The molecule has 0 amide bonds. The highest BCUT2D eigenvalue weighted by molar-refractivity contribution is 4.81. The molecule has 0 rings (SSSR count). The number of unbranched alkanes of at least 4 members (excludes halogenated alkanes) is 2. The van der Waals surface area contributed by atoms with Gasteiger partial charge in [0.25, 0.3) is 0 Å². The predicted octanol–water partition coefficient (Wildman–Crippen LogP) is 3.37. The van der Waals surface area contributed by atoms with Gasteiger partial charge in [0, 0.05) is 0 Å². The van der Waals surface area contributed by atoms with Gasteiger partial charge in [-0.05, 0) is 31.8 Å². The van der Waals surface area contributed by atoms with Gasteiger partial charge in [0.2, 0.25) is 0 Å². The number of hydrogen-bond donors (Lipinski definition) is 1. The molecule has 0 atom stereocenters. The second kappa shape index (κ2) is 9.79. The first-order valence-corrected chi connectivity index (χ1v) is 5.63. The summed E-state index contributed by atoms with van der Waals surface area (Å²) in [7, 11) is 0. The lowest BCUT2D eigenvalue weighted by Crippen LogP contribution is -2.20. The van der Waals surface area contributed by atoms with Gasteiger partial charge in [-0.2, -0.15) is 0 Å². The van der Waals surface area contributed by atoms with Crippen LogP contribution in [-0.2, 0) is 0 Å². The summed E-state index contributed by atoms with van der Waals surface area (Å²) in [6.45, 7) is 8.98. The minimum atomic E-state index is 0.768. The van der Waals surface area contributed by atoms with Crippen LogP contribution in [0.15, 0.2) is 12.2 Å². The van der Waals surface area contributed by atoms with Crippen LogP contribution in [-0.4, -0.2) is 13.1 Å². The summed E-state index contributed by atoms with van der Waals surface area (Å²) in [5, 5.41) is 3.42. The lowest BCUT2D eigenvalue weighted by molar-refractivity contribution is 0.556. The predicted molar refractivity (Wildman–Crippen MR) is 61.0 cm³/mol. The molecule has 1 N–H and O–H groups in total. The first-order chi connectivity index (χ1) is 6.27. The van der Waals surface area contributed by atoms with E-state index < -0.39 is 0 Å². The molecule has 0 aromatic carbocycles. The van der Waals surface area contributed by atoms with Crippen molar-refractivity contribution in [2.24, 2.45) is 5.92 Å². The summed E-state index contributed by atoms with van der Waals surface area (Å²) in [5.41, 5.74) is 0. The Labute approximate surface area is 83.6 Å². The molecule has 0 heterocycles. The fourth-order valence-corrected chi connectivity index (χ4v) is 1.13. The Balaban J connectivity index is 3.02. The minimum Gasteiger partial charge on any atom is -0.316 e. The highest BCUT2D eigenvalue weighted by Crippen LogP contribution is 1.95. The van der Waals surface area contributed by atoms with Crippen molar-refractivity contribution >= 4 is 0 Å². The molecule has 0 radical (unpaired) electrons. The third kappa shape index (κ3) is 11.7. The molecule has 0 aliphatic rings. The van der Waals surface area contributed by atoms with Gasteiger partial charge in [0.1, 0.15) is 0 Å². The maximum Gasteiger partial charge on any atom is -0.00142 e. The van der Waals surface area contributed by atoms with E-state index in [4.69, 9.17) is 0 Å². The van der Waals surface area contributed by atoms with Crippen LogP contribution in [0.1, 0.15) is 46.5 Å². The van der Waals surface area contributed by atoms with Gasteiger partial charge in [0.15, 0.2) is 0 Å². The van der Waals surface area contributed by atoms with E-state index in [2.05, 4.69) is 38.2 Å². The average molecular weight is 183 g/mol. The van der Waals surface area contributed by atoms with Crippen LogP contribution in [0, 0.1) is 5.92 Å². The van der Waals surface area contributed by atoms with Crippen molar-refractivity contribution in [2.75, 3.05) is 13.1 Å². The van der Waals surface area contributed by atoms with Gasteiger partial charge in [-0.25, -0.2) is 0 Å². The molecule has 13 heavy (non-hydrogen) atoms. The van der Waals surface area contributed by atoms with Crippen molar-refractivity contribution in [3.05, 3.63) is 12.2 Å². The molecular weight excluding hydrogens is 158 g/mol. The molecule has 0 saturated carbocycles. The van der Waals surface area contributed by atoms with Crippen LogP contribution >= 0.6 is 0 Å². The number of hydrogen-bond acceptors (Lipinski definition) is 1. The Morgan fingerprint density at radius 3 is 2.46 bits per heavy atom. The maximum absolute atomic E-state index is 3.42. The Hall–Kier alpha value is -0.300. The molecule has 1 heteroatoms. The summed E-state index contributed by atoms with van der Waals surface area (Å²) < 4.78 is 0. The Morgan fingerprint density at radius 1 is 1.15 bits per heavy atom. The van der Waals surface area contributed by atoms with Crippen molar-refractivity contribution in [2.45, 2.75) is 46.5 Å². The standard InChI is InChI=1S/C12H25N/c1-4-5-6-7-8-9-10-13-11-12(2)3/h7-8,12-13H,4-6,9-11H2,1-3H3. The SMILES string of the molecule is CCCCC=CCCNCC(C)C. The molecule has 0 unspecified atom stereocenters. The third-order valence-electron chi connectivity index (χ3n) is 1.93. The molecular formula is C12H25N. The minimum absolute atomic E-state index is 0.768. The topological polar surface area (TPSA) is 12.0 Å². The lowest BCUT2D eigenvalue weighted by Gasteiger charge is -2.04. The highest BCUT2D eigenvalue weighted by Gasteiger charge is 1.89. The zero-order valence-corrected chi connectivity index (χ0v) is 9.47. The summed E-state index contributed by atoms with van der Waals surface area (Å²) in [6.07, 6.45) is 9.66. The van der Waals surface area contributed by atoms with Crippen molar-refractivity contribution in [1.29, 1.82) is 0 Å². The molecule has 0 aromatic heterocycles. The smallest absolute Gasteiger partial charge is 0.00142 e. The fraction of sp³-hybridized carbons (Fsp3) is 0.833. The van der Waals surface area contributed by atoms with Gasteiger partial charge < -0.3 is 5.32 Å². The molecule has 0 aliphatic carbocycles. The molecule has 0 fully saturated rings. The zero-order valence-electron chi connectivity index (χ0n) is 9.47. The molecule has 0 aliphatic heterocycles. The van der Waals surface area contributed by atoms with Crippen LogP contribution in [0.25, 0.3) is 0 Å². The average Bonchev–Trinajstić information content (AvgIpc) is 2.09. The van der Waals surface area contributed by atoms with E-state index >= 15 is 0 Å².